The van der Waals surface area contributed by atoms with Gasteiger partial charge in [0.15, 0.2) is 5.17 Å². The molecule has 35 heavy (non-hydrogen) atoms. The van der Waals surface area contributed by atoms with Crippen molar-refractivity contribution in [2.45, 2.75) is 6.61 Å². The van der Waals surface area contributed by atoms with Crippen LogP contribution in [0.3, 0.4) is 0 Å². The van der Waals surface area contributed by atoms with Gasteiger partial charge in [-0.2, -0.15) is 10.3 Å². The molecule has 1 N–H and O–H groups in total. The van der Waals surface area contributed by atoms with Crippen LogP contribution >= 0.6 is 55.2 Å². The summed E-state index contributed by atoms with van der Waals surface area (Å²) in [6, 6.07) is 19.4. The second-order valence-electron chi connectivity index (χ2n) is 7.17. The molecule has 10 heteroatoms. The summed E-state index contributed by atoms with van der Waals surface area (Å²) in [6.07, 6.45) is 1.69. The number of hydrogen-bond acceptors (Lipinski definition) is 5. The molecule has 1 fully saturated rings. The number of rotatable bonds is 5. The minimum absolute atomic E-state index is 0.204. The molecular formula is C25H14Br2ClN3O3S. The Morgan fingerprint density at radius 3 is 2.51 bits per heavy atom. The quantitative estimate of drug-likeness (QED) is 0.316. The maximum atomic E-state index is 12.4. The van der Waals surface area contributed by atoms with Gasteiger partial charge >= 0.3 is 0 Å². The second-order valence-corrected chi connectivity index (χ2v) is 10.3. The number of amidine groups is 1. The van der Waals surface area contributed by atoms with Gasteiger partial charge in [-0.05, 0) is 97.7 Å². The lowest BCUT2D eigenvalue weighted by atomic mass is 10.1. The predicted octanol–water partition coefficient (Wildman–Crippen LogP) is 6.72. The van der Waals surface area contributed by atoms with Crippen LogP contribution in [0.4, 0.5) is 0 Å². The minimum Gasteiger partial charge on any atom is -0.486 e. The lowest BCUT2D eigenvalue weighted by Gasteiger charge is -2.12. The van der Waals surface area contributed by atoms with E-state index in [2.05, 4.69) is 48.2 Å². The highest BCUT2D eigenvalue weighted by Gasteiger charge is 2.25. The molecule has 1 aliphatic rings. The smallest absolute Gasteiger partial charge is 0.279 e. The number of carbonyl (C=O) groups excluding carboxylic acids is 2. The van der Waals surface area contributed by atoms with Crippen LogP contribution in [0.25, 0.3) is 6.08 Å². The third-order valence-electron chi connectivity index (χ3n) is 4.77. The number of aliphatic imine (C=N–C) groups is 1. The molecule has 0 aromatic heterocycles. The number of halogens is 3. The molecule has 4 rings (SSSR count). The van der Waals surface area contributed by atoms with E-state index in [1.54, 1.807) is 42.5 Å². The Morgan fingerprint density at radius 2 is 1.83 bits per heavy atom. The Morgan fingerprint density at radius 1 is 1.14 bits per heavy atom. The van der Waals surface area contributed by atoms with Crippen LogP contribution in [0.5, 0.6) is 5.75 Å². The molecule has 3 aromatic rings. The van der Waals surface area contributed by atoms with Gasteiger partial charge in [0.1, 0.15) is 12.4 Å². The highest BCUT2D eigenvalue weighted by molar-refractivity contribution is 9.11. The zero-order valence-electron chi connectivity index (χ0n) is 17.7. The van der Waals surface area contributed by atoms with Crippen molar-refractivity contribution in [3.05, 3.63) is 102 Å². The van der Waals surface area contributed by atoms with E-state index >= 15 is 0 Å². The maximum absolute atomic E-state index is 12.4. The first-order valence-corrected chi connectivity index (χ1v) is 12.8. The minimum atomic E-state index is -0.476. The summed E-state index contributed by atoms with van der Waals surface area (Å²) < 4.78 is 7.28. The molecule has 3 aromatic carbocycles. The van der Waals surface area contributed by atoms with Gasteiger partial charge in [0, 0.05) is 16.1 Å². The fraction of sp³-hybridized carbons (Fsp3) is 0.0400. The molecule has 174 valence electrons. The molecule has 0 radical (unpaired) electrons. The third kappa shape index (κ3) is 6.21. The SMILES string of the molecule is N#Cc1ccccc1COc1c(Br)cc(/C=C2\SC(=NC(=O)c3ccc(Cl)cc3)NC2=O)cc1Br. The predicted molar refractivity (Wildman–Crippen MR) is 144 cm³/mol. The highest BCUT2D eigenvalue weighted by Crippen LogP contribution is 2.37. The van der Waals surface area contributed by atoms with E-state index in [1.807, 2.05) is 24.3 Å². The standard InChI is InChI=1S/C25H14Br2ClN3O3S/c26-19-9-14(10-20(27)22(19)34-13-17-4-2-1-3-16(17)12-29)11-21-24(33)31-25(35-21)30-23(32)15-5-7-18(28)8-6-15/h1-11H,13H2,(H,30,31,32,33)/b21-11-. The van der Waals surface area contributed by atoms with Crippen LogP contribution in [0.2, 0.25) is 5.02 Å². The van der Waals surface area contributed by atoms with E-state index in [-0.39, 0.29) is 17.7 Å². The molecule has 6 nitrogen and oxygen atoms in total. The molecule has 0 spiro atoms. The number of hydrogen-bond donors (Lipinski definition) is 1. The van der Waals surface area contributed by atoms with Crippen molar-refractivity contribution >= 4 is 78.3 Å². The van der Waals surface area contributed by atoms with Crippen molar-refractivity contribution in [3.8, 4) is 11.8 Å². The van der Waals surface area contributed by atoms with Crippen LogP contribution < -0.4 is 10.1 Å². The van der Waals surface area contributed by atoms with Crippen molar-refractivity contribution in [2.75, 3.05) is 0 Å². The summed E-state index contributed by atoms with van der Waals surface area (Å²) in [5, 5.41) is 12.6. The summed E-state index contributed by atoms with van der Waals surface area (Å²) in [5.74, 6) is -0.256. The summed E-state index contributed by atoms with van der Waals surface area (Å²) in [6.45, 7) is 0.223. The number of nitriles is 1. The number of ether oxygens (including phenoxy) is 1. The van der Waals surface area contributed by atoms with Gasteiger partial charge in [0.05, 0.1) is 25.5 Å². The first kappa shape index (κ1) is 25.2. The molecule has 1 aliphatic heterocycles. The molecule has 0 bridgehead atoms. The monoisotopic (exact) mass is 629 g/mol. The molecule has 1 heterocycles. The van der Waals surface area contributed by atoms with E-state index < -0.39 is 5.91 Å². The Hall–Kier alpha value is -2.90. The molecule has 1 saturated heterocycles. The molecular weight excluding hydrogens is 618 g/mol. The topological polar surface area (TPSA) is 91.5 Å². The number of nitrogens with one attached hydrogen (secondary N) is 1. The maximum Gasteiger partial charge on any atom is 0.279 e. The van der Waals surface area contributed by atoms with Crippen LogP contribution in [-0.2, 0) is 11.4 Å². The number of thioether (sulfide) groups is 1. The van der Waals surface area contributed by atoms with E-state index in [4.69, 9.17) is 16.3 Å². The third-order valence-corrected chi connectivity index (χ3v) is 7.11. The highest BCUT2D eigenvalue weighted by atomic mass is 79.9. The van der Waals surface area contributed by atoms with E-state index in [1.165, 1.54) is 0 Å². The zero-order valence-corrected chi connectivity index (χ0v) is 22.5. The average Bonchev–Trinajstić information content (AvgIpc) is 3.17. The largest absolute Gasteiger partial charge is 0.486 e. The Balaban J connectivity index is 1.49. The van der Waals surface area contributed by atoms with Gasteiger partial charge < -0.3 is 10.1 Å². The van der Waals surface area contributed by atoms with Crippen molar-refractivity contribution in [3.63, 3.8) is 0 Å². The van der Waals surface area contributed by atoms with E-state index in [0.717, 1.165) is 22.9 Å². The van der Waals surface area contributed by atoms with Gasteiger partial charge in [-0.1, -0.05) is 29.8 Å². The molecule has 0 saturated carbocycles. The normalized spacial score (nSPS) is 15.2. The van der Waals surface area contributed by atoms with Gasteiger partial charge in [0.2, 0.25) is 0 Å². The van der Waals surface area contributed by atoms with Crippen LogP contribution in [0, 0.1) is 11.3 Å². The van der Waals surface area contributed by atoms with E-state index in [0.29, 0.717) is 35.7 Å². The summed E-state index contributed by atoms with van der Waals surface area (Å²) >= 11 is 14.0. The van der Waals surface area contributed by atoms with Gasteiger partial charge in [-0.3, -0.25) is 9.59 Å². The number of benzene rings is 3. The van der Waals surface area contributed by atoms with Crippen LogP contribution in [0.15, 0.2) is 79.5 Å². The summed E-state index contributed by atoms with van der Waals surface area (Å²) in [5.41, 5.74) is 2.43. The van der Waals surface area contributed by atoms with Gasteiger partial charge in [0.25, 0.3) is 11.8 Å². The molecule has 0 aliphatic carbocycles. The lowest BCUT2D eigenvalue weighted by Crippen LogP contribution is -2.20. The fourth-order valence-electron chi connectivity index (χ4n) is 3.09. The fourth-order valence-corrected chi connectivity index (χ4v) is 5.48. The Bertz CT molecular complexity index is 1410. The number of amides is 2. The second kappa shape index (κ2) is 11.2. The summed E-state index contributed by atoms with van der Waals surface area (Å²) in [7, 11) is 0. The van der Waals surface area contributed by atoms with Gasteiger partial charge in [-0.15, -0.1) is 0 Å². The van der Waals surface area contributed by atoms with Gasteiger partial charge in [-0.25, -0.2) is 0 Å². The Kier molecular flexibility index (Phi) is 8.08. The van der Waals surface area contributed by atoms with E-state index in [9.17, 15) is 14.9 Å². The summed E-state index contributed by atoms with van der Waals surface area (Å²) in [4.78, 5) is 29.2. The van der Waals surface area contributed by atoms with Crippen LogP contribution in [-0.4, -0.2) is 17.0 Å². The number of carbonyl (C=O) groups is 2. The van der Waals surface area contributed by atoms with Crippen LogP contribution in [0.1, 0.15) is 27.0 Å². The zero-order chi connectivity index (χ0) is 24.9. The average molecular weight is 632 g/mol. The molecule has 0 unspecified atom stereocenters. The number of nitrogens with zero attached hydrogens (tertiary/aromatic N) is 2. The first-order valence-electron chi connectivity index (χ1n) is 10.0. The first-order chi connectivity index (χ1) is 16.8. The lowest BCUT2D eigenvalue weighted by molar-refractivity contribution is -0.115. The van der Waals surface area contributed by atoms with Crippen molar-refractivity contribution in [1.82, 2.24) is 5.32 Å². The Labute approximate surface area is 227 Å². The van der Waals surface area contributed by atoms with Crippen molar-refractivity contribution in [2.24, 2.45) is 4.99 Å². The van der Waals surface area contributed by atoms with Crippen molar-refractivity contribution in [1.29, 1.82) is 5.26 Å². The molecule has 2 amide bonds. The van der Waals surface area contributed by atoms with Crippen molar-refractivity contribution < 1.29 is 14.3 Å². The molecule has 0 atom stereocenters.